The van der Waals surface area contributed by atoms with Gasteiger partial charge in [-0.25, -0.2) is 13.3 Å². The third-order valence-corrected chi connectivity index (χ3v) is 1.19. The van der Waals surface area contributed by atoms with Gasteiger partial charge in [-0.3, -0.25) is 4.52 Å². The van der Waals surface area contributed by atoms with Gasteiger partial charge in [0.2, 0.25) is 0 Å². The molecule has 1 atom stereocenters. The Morgan fingerprint density at radius 2 is 1.91 bits per heavy atom. The van der Waals surface area contributed by atoms with Crippen molar-refractivity contribution in [2.45, 2.75) is 12.5 Å². The van der Waals surface area contributed by atoms with Crippen molar-refractivity contribution in [3.8, 4) is 0 Å². The number of hydrogen-bond acceptors (Lipinski definition) is 3. The Labute approximate surface area is 60.8 Å². The number of phosphoric ester groups is 1. The number of rotatable bonds is 4. The molecule has 0 aliphatic carbocycles. The second-order valence-corrected chi connectivity index (χ2v) is 2.93. The molecular weight excluding hydrogens is 185 g/mol. The van der Waals surface area contributed by atoms with E-state index in [4.69, 9.17) is 14.9 Å². The fourth-order valence-corrected chi connectivity index (χ4v) is 0.593. The van der Waals surface area contributed by atoms with E-state index in [1.807, 2.05) is 0 Å². The summed E-state index contributed by atoms with van der Waals surface area (Å²) in [5, 5.41) is 8.27. The van der Waals surface area contributed by atoms with Crippen LogP contribution in [-0.2, 0) is 9.09 Å². The molecule has 0 spiro atoms. The first-order valence-corrected chi connectivity index (χ1v) is 4.02. The summed E-state index contributed by atoms with van der Waals surface area (Å²) in [5.74, 6) is 0. The Balaban J connectivity index is 3.63. The number of aliphatic hydroxyl groups excluding tert-OH is 1. The van der Waals surface area contributed by atoms with Gasteiger partial charge in [0, 0.05) is 0 Å². The minimum absolute atomic E-state index is 1.08. The molecule has 68 valence electrons. The van der Waals surface area contributed by atoms with E-state index in [9.17, 15) is 13.3 Å². The molecule has 0 aromatic carbocycles. The Morgan fingerprint density at radius 1 is 1.45 bits per heavy atom. The molecular formula is C3H7F2O5P. The molecule has 3 N–H and O–H groups in total. The summed E-state index contributed by atoms with van der Waals surface area (Å²) in [5.41, 5.74) is 0. The van der Waals surface area contributed by atoms with Crippen LogP contribution < -0.4 is 0 Å². The van der Waals surface area contributed by atoms with Crippen LogP contribution in [0.4, 0.5) is 8.78 Å². The SMILES string of the molecule is O=P(O)(O)OCC(O)C(F)F. The van der Waals surface area contributed by atoms with Crippen LogP contribution in [-0.4, -0.2) is 34.0 Å². The minimum Gasteiger partial charge on any atom is -0.385 e. The molecule has 0 aromatic rings. The Bertz CT molecular complexity index is 156. The van der Waals surface area contributed by atoms with Gasteiger partial charge in [-0.05, 0) is 0 Å². The molecule has 5 nitrogen and oxygen atoms in total. The first-order chi connectivity index (χ1) is 4.83. The van der Waals surface area contributed by atoms with Crippen molar-refractivity contribution < 1.29 is 32.8 Å². The molecule has 0 saturated heterocycles. The topological polar surface area (TPSA) is 87.0 Å². The second-order valence-electron chi connectivity index (χ2n) is 1.69. The molecule has 0 amide bonds. The van der Waals surface area contributed by atoms with Crippen LogP contribution in [0.15, 0.2) is 0 Å². The number of alkyl halides is 2. The van der Waals surface area contributed by atoms with Crippen LogP contribution in [0.25, 0.3) is 0 Å². The highest BCUT2D eigenvalue weighted by Crippen LogP contribution is 2.35. The van der Waals surface area contributed by atoms with E-state index in [1.54, 1.807) is 0 Å². The van der Waals surface area contributed by atoms with E-state index >= 15 is 0 Å². The molecule has 0 heterocycles. The first-order valence-electron chi connectivity index (χ1n) is 2.49. The predicted molar refractivity (Wildman–Crippen MR) is 30.0 cm³/mol. The van der Waals surface area contributed by atoms with E-state index in [0.717, 1.165) is 0 Å². The lowest BCUT2D eigenvalue weighted by Crippen LogP contribution is -2.22. The normalized spacial score (nSPS) is 15.5. The molecule has 0 aliphatic rings. The zero-order chi connectivity index (χ0) is 9.07. The molecule has 0 saturated carbocycles. The van der Waals surface area contributed by atoms with Gasteiger partial charge in [0.05, 0.1) is 6.61 Å². The molecule has 0 aliphatic heterocycles. The molecule has 1 unspecified atom stereocenters. The van der Waals surface area contributed by atoms with Gasteiger partial charge in [-0.1, -0.05) is 0 Å². The maximum Gasteiger partial charge on any atom is 0.469 e. The highest BCUT2D eigenvalue weighted by Gasteiger charge is 2.22. The lowest BCUT2D eigenvalue weighted by molar-refractivity contribution is -0.0332. The average Bonchev–Trinajstić information content (AvgIpc) is 1.80. The van der Waals surface area contributed by atoms with Crippen LogP contribution in [0.3, 0.4) is 0 Å². The van der Waals surface area contributed by atoms with E-state index in [-0.39, 0.29) is 0 Å². The van der Waals surface area contributed by atoms with Crippen LogP contribution in [0.5, 0.6) is 0 Å². The number of hydrogen-bond donors (Lipinski definition) is 3. The predicted octanol–water partition coefficient (Wildman–Crippen LogP) is -0.278. The van der Waals surface area contributed by atoms with Gasteiger partial charge >= 0.3 is 7.82 Å². The average molecular weight is 192 g/mol. The van der Waals surface area contributed by atoms with Crippen molar-refractivity contribution in [3.63, 3.8) is 0 Å². The molecule has 0 aromatic heterocycles. The lowest BCUT2D eigenvalue weighted by Gasteiger charge is -2.09. The third kappa shape index (κ3) is 6.33. The maximum atomic E-state index is 11.4. The third-order valence-electron chi connectivity index (χ3n) is 0.704. The smallest absolute Gasteiger partial charge is 0.385 e. The van der Waals surface area contributed by atoms with Crippen molar-refractivity contribution >= 4 is 7.82 Å². The summed E-state index contributed by atoms with van der Waals surface area (Å²) in [4.78, 5) is 16.0. The quantitative estimate of drug-likeness (QED) is 0.533. The van der Waals surface area contributed by atoms with Gasteiger partial charge in [-0.15, -0.1) is 0 Å². The highest BCUT2D eigenvalue weighted by atomic mass is 31.2. The van der Waals surface area contributed by atoms with E-state index < -0.39 is 27.0 Å². The summed E-state index contributed by atoms with van der Waals surface area (Å²) in [6.45, 7) is -1.08. The number of halogens is 2. The Kier molecular flexibility index (Phi) is 4.05. The fourth-order valence-electron chi connectivity index (χ4n) is 0.246. The van der Waals surface area contributed by atoms with Crippen LogP contribution in [0, 0.1) is 0 Å². The summed E-state index contributed by atoms with van der Waals surface area (Å²) < 4.78 is 36.3. The molecule has 8 heteroatoms. The summed E-state index contributed by atoms with van der Waals surface area (Å²) in [6.07, 6.45) is -5.23. The Hall–Kier alpha value is -0.0700. The van der Waals surface area contributed by atoms with Gasteiger partial charge in [0.15, 0.2) is 0 Å². The van der Waals surface area contributed by atoms with E-state index in [0.29, 0.717) is 0 Å². The monoisotopic (exact) mass is 192 g/mol. The molecule has 0 rings (SSSR count). The van der Waals surface area contributed by atoms with Crippen molar-refractivity contribution in [2.24, 2.45) is 0 Å². The Morgan fingerprint density at radius 3 is 2.18 bits per heavy atom. The van der Waals surface area contributed by atoms with E-state index in [1.165, 1.54) is 0 Å². The summed E-state index contributed by atoms with van der Waals surface area (Å²) in [7, 11) is -4.75. The van der Waals surface area contributed by atoms with Crippen molar-refractivity contribution in [1.82, 2.24) is 0 Å². The van der Waals surface area contributed by atoms with E-state index in [2.05, 4.69) is 4.52 Å². The lowest BCUT2D eigenvalue weighted by atomic mass is 10.4. The molecule has 11 heavy (non-hydrogen) atoms. The fraction of sp³-hybridized carbons (Fsp3) is 1.00. The van der Waals surface area contributed by atoms with Crippen molar-refractivity contribution in [1.29, 1.82) is 0 Å². The van der Waals surface area contributed by atoms with Gasteiger partial charge < -0.3 is 14.9 Å². The van der Waals surface area contributed by atoms with Gasteiger partial charge in [0.1, 0.15) is 6.10 Å². The summed E-state index contributed by atoms with van der Waals surface area (Å²) in [6, 6.07) is 0. The maximum absolute atomic E-state index is 11.4. The standard InChI is InChI=1S/C3H7F2O5P/c4-3(5)2(6)1-10-11(7,8)9/h2-3,6H,1H2,(H2,7,8,9). The highest BCUT2D eigenvalue weighted by molar-refractivity contribution is 7.46. The first kappa shape index (κ1) is 10.9. The zero-order valence-corrected chi connectivity index (χ0v) is 6.12. The number of phosphoric acid groups is 1. The van der Waals surface area contributed by atoms with Crippen molar-refractivity contribution in [2.75, 3.05) is 6.61 Å². The summed E-state index contributed by atoms with van der Waals surface area (Å²) >= 11 is 0. The molecule has 0 bridgehead atoms. The van der Waals surface area contributed by atoms with Crippen molar-refractivity contribution in [3.05, 3.63) is 0 Å². The van der Waals surface area contributed by atoms with Gasteiger partial charge in [-0.2, -0.15) is 0 Å². The largest absolute Gasteiger partial charge is 0.469 e. The van der Waals surface area contributed by atoms with Crippen LogP contribution in [0.1, 0.15) is 0 Å². The van der Waals surface area contributed by atoms with Crippen LogP contribution in [0.2, 0.25) is 0 Å². The van der Waals surface area contributed by atoms with Crippen LogP contribution >= 0.6 is 7.82 Å². The second kappa shape index (κ2) is 4.08. The zero-order valence-electron chi connectivity index (χ0n) is 5.22. The molecule has 0 fully saturated rings. The number of aliphatic hydroxyl groups is 1. The minimum atomic E-state index is -4.75. The van der Waals surface area contributed by atoms with Gasteiger partial charge in [0.25, 0.3) is 6.43 Å². The molecule has 0 radical (unpaired) electrons.